The third-order valence-corrected chi connectivity index (χ3v) is 1.89. The van der Waals surface area contributed by atoms with Gasteiger partial charge in [0.25, 0.3) is 0 Å². The highest BCUT2D eigenvalue weighted by Gasteiger charge is 2.05. The van der Waals surface area contributed by atoms with Crippen LogP contribution in [0.3, 0.4) is 0 Å². The molecule has 86 valence electrons. The third kappa shape index (κ3) is 8.40. The van der Waals surface area contributed by atoms with Crippen molar-refractivity contribution in [3.8, 4) is 0 Å². The van der Waals surface area contributed by atoms with Crippen molar-refractivity contribution < 1.29 is 14.2 Å². The minimum atomic E-state index is 0.196. The number of hydrogen-bond acceptors (Lipinski definition) is 5. The van der Waals surface area contributed by atoms with E-state index in [0.29, 0.717) is 19.8 Å². The lowest BCUT2D eigenvalue weighted by Crippen LogP contribution is -2.39. The Morgan fingerprint density at radius 1 is 1.14 bits per heavy atom. The Hall–Kier alpha value is -0.200. The van der Waals surface area contributed by atoms with E-state index >= 15 is 0 Å². The molecule has 0 aromatic rings. The maximum atomic E-state index is 5.37. The molecule has 0 spiro atoms. The number of hydrazine groups is 1. The van der Waals surface area contributed by atoms with Crippen LogP contribution in [0.2, 0.25) is 0 Å². The van der Waals surface area contributed by atoms with Gasteiger partial charge in [-0.2, -0.15) is 0 Å². The quantitative estimate of drug-likeness (QED) is 0.297. The number of rotatable bonds is 10. The zero-order valence-electron chi connectivity index (χ0n) is 9.12. The summed E-state index contributed by atoms with van der Waals surface area (Å²) in [5.41, 5.74) is 2.72. The predicted molar refractivity (Wildman–Crippen MR) is 54.9 cm³/mol. The van der Waals surface area contributed by atoms with E-state index in [4.69, 9.17) is 20.1 Å². The van der Waals surface area contributed by atoms with E-state index < -0.39 is 0 Å². The maximum absolute atomic E-state index is 5.37. The van der Waals surface area contributed by atoms with Gasteiger partial charge in [-0.1, -0.05) is 0 Å². The minimum Gasteiger partial charge on any atom is -0.385 e. The Morgan fingerprint density at radius 2 is 1.86 bits per heavy atom. The molecule has 0 saturated carbocycles. The molecule has 5 nitrogen and oxygen atoms in total. The van der Waals surface area contributed by atoms with Crippen molar-refractivity contribution in [2.75, 3.05) is 40.6 Å². The zero-order chi connectivity index (χ0) is 10.6. The number of hydrogen-bond donors (Lipinski definition) is 2. The molecule has 0 amide bonds. The van der Waals surface area contributed by atoms with E-state index in [1.807, 2.05) is 0 Å². The highest BCUT2D eigenvalue weighted by molar-refractivity contribution is 4.61. The molecular weight excluding hydrogens is 184 g/mol. The van der Waals surface area contributed by atoms with Crippen LogP contribution in [-0.2, 0) is 14.2 Å². The van der Waals surface area contributed by atoms with Gasteiger partial charge < -0.3 is 14.2 Å². The van der Waals surface area contributed by atoms with Crippen LogP contribution in [-0.4, -0.2) is 46.7 Å². The lowest BCUT2D eigenvalue weighted by Gasteiger charge is -2.15. The predicted octanol–water partition coefficient (Wildman–Crippen LogP) is -0.0921. The van der Waals surface area contributed by atoms with Gasteiger partial charge >= 0.3 is 0 Å². The summed E-state index contributed by atoms with van der Waals surface area (Å²) in [4.78, 5) is 0. The van der Waals surface area contributed by atoms with Crippen LogP contribution in [0, 0.1) is 0 Å². The molecule has 0 rings (SSSR count). The fourth-order valence-electron chi connectivity index (χ4n) is 1.06. The van der Waals surface area contributed by atoms with Gasteiger partial charge in [-0.05, 0) is 12.8 Å². The summed E-state index contributed by atoms with van der Waals surface area (Å²) in [5.74, 6) is 5.37. The molecule has 14 heavy (non-hydrogen) atoms. The van der Waals surface area contributed by atoms with Crippen LogP contribution in [0.1, 0.15) is 12.8 Å². The van der Waals surface area contributed by atoms with Crippen LogP contribution in [0.5, 0.6) is 0 Å². The normalized spacial score (nSPS) is 13.1. The van der Waals surface area contributed by atoms with Crippen LogP contribution >= 0.6 is 0 Å². The van der Waals surface area contributed by atoms with Crippen molar-refractivity contribution in [3.05, 3.63) is 0 Å². The Kier molecular flexibility index (Phi) is 10.7. The summed E-state index contributed by atoms with van der Waals surface area (Å²) in [6.07, 6.45) is 1.94. The number of methoxy groups -OCH3 is 2. The second-order valence-corrected chi connectivity index (χ2v) is 3.07. The average Bonchev–Trinajstić information content (AvgIpc) is 2.22. The topological polar surface area (TPSA) is 65.7 Å². The largest absolute Gasteiger partial charge is 0.385 e. The van der Waals surface area contributed by atoms with Gasteiger partial charge in [-0.3, -0.25) is 11.3 Å². The van der Waals surface area contributed by atoms with E-state index in [-0.39, 0.29) is 6.04 Å². The van der Waals surface area contributed by atoms with Crippen molar-refractivity contribution >= 4 is 0 Å². The van der Waals surface area contributed by atoms with Crippen LogP contribution < -0.4 is 11.3 Å². The van der Waals surface area contributed by atoms with Crippen molar-refractivity contribution in [2.45, 2.75) is 18.9 Å². The third-order valence-electron chi connectivity index (χ3n) is 1.89. The number of nitrogens with two attached hydrogens (primary N) is 1. The van der Waals surface area contributed by atoms with Crippen molar-refractivity contribution in [2.24, 2.45) is 5.84 Å². The Morgan fingerprint density at radius 3 is 2.43 bits per heavy atom. The monoisotopic (exact) mass is 206 g/mol. The summed E-state index contributed by atoms with van der Waals surface area (Å²) in [6, 6.07) is 0.196. The van der Waals surface area contributed by atoms with Gasteiger partial charge in [-0.15, -0.1) is 0 Å². The number of ether oxygens (including phenoxy) is 3. The molecule has 1 atom stereocenters. The molecule has 0 bridgehead atoms. The molecule has 0 aliphatic carbocycles. The van der Waals surface area contributed by atoms with Gasteiger partial charge in [-0.25, -0.2) is 0 Å². The fraction of sp³-hybridized carbons (Fsp3) is 1.00. The molecule has 0 aromatic carbocycles. The molecule has 5 heteroatoms. The van der Waals surface area contributed by atoms with E-state index in [1.54, 1.807) is 14.2 Å². The SMILES string of the molecule is COCCCC(COCCOC)NN. The lowest BCUT2D eigenvalue weighted by molar-refractivity contribution is 0.0559. The lowest BCUT2D eigenvalue weighted by atomic mass is 10.2. The first kappa shape index (κ1) is 13.8. The Balaban J connectivity index is 3.28. The maximum Gasteiger partial charge on any atom is 0.0701 e. The minimum absolute atomic E-state index is 0.196. The summed E-state index contributed by atoms with van der Waals surface area (Å²) in [7, 11) is 3.35. The second-order valence-electron chi connectivity index (χ2n) is 3.07. The van der Waals surface area contributed by atoms with Gasteiger partial charge in [0.1, 0.15) is 0 Å². The Bertz CT molecular complexity index is 114. The van der Waals surface area contributed by atoms with Gasteiger partial charge in [0, 0.05) is 26.9 Å². The Labute approximate surface area is 85.9 Å². The molecular formula is C9H22N2O3. The molecule has 0 fully saturated rings. The number of nitrogens with one attached hydrogen (secondary N) is 1. The van der Waals surface area contributed by atoms with Gasteiger partial charge in [0.05, 0.1) is 19.8 Å². The van der Waals surface area contributed by atoms with E-state index in [0.717, 1.165) is 19.4 Å². The van der Waals surface area contributed by atoms with Crippen LogP contribution in [0.4, 0.5) is 0 Å². The first-order valence-corrected chi connectivity index (χ1v) is 4.87. The van der Waals surface area contributed by atoms with Gasteiger partial charge in [0.2, 0.25) is 0 Å². The highest BCUT2D eigenvalue weighted by atomic mass is 16.5. The molecule has 0 aliphatic rings. The molecule has 0 aromatic heterocycles. The fourth-order valence-corrected chi connectivity index (χ4v) is 1.06. The van der Waals surface area contributed by atoms with E-state index in [9.17, 15) is 0 Å². The summed E-state index contributed by atoms with van der Waals surface area (Å²) in [6.45, 7) is 2.61. The highest BCUT2D eigenvalue weighted by Crippen LogP contribution is 1.97. The molecule has 0 radical (unpaired) electrons. The summed E-state index contributed by atoms with van der Waals surface area (Å²) < 4.78 is 15.2. The average molecular weight is 206 g/mol. The van der Waals surface area contributed by atoms with Crippen molar-refractivity contribution in [1.29, 1.82) is 0 Å². The second kappa shape index (κ2) is 10.9. The smallest absolute Gasteiger partial charge is 0.0701 e. The molecule has 1 unspecified atom stereocenters. The first-order valence-electron chi connectivity index (χ1n) is 4.87. The van der Waals surface area contributed by atoms with Crippen molar-refractivity contribution in [3.63, 3.8) is 0 Å². The van der Waals surface area contributed by atoms with E-state index in [1.165, 1.54) is 0 Å². The molecule has 0 aliphatic heterocycles. The van der Waals surface area contributed by atoms with Crippen LogP contribution in [0.15, 0.2) is 0 Å². The summed E-state index contributed by atoms with van der Waals surface area (Å²) in [5, 5.41) is 0. The first-order chi connectivity index (χ1) is 6.85. The van der Waals surface area contributed by atoms with Gasteiger partial charge in [0.15, 0.2) is 0 Å². The zero-order valence-corrected chi connectivity index (χ0v) is 9.12. The van der Waals surface area contributed by atoms with E-state index in [2.05, 4.69) is 5.43 Å². The van der Waals surface area contributed by atoms with Crippen LogP contribution in [0.25, 0.3) is 0 Å². The molecule has 0 saturated heterocycles. The molecule has 3 N–H and O–H groups in total. The standard InChI is InChI=1S/C9H22N2O3/c1-12-5-3-4-9(11-10)8-14-7-6-13-2/h9,11H,3-8,10H2,1-2H3. The molecule has 0 heterocycles. The summed E-state index contributed by atoms with van der Waals surface area (Å²) >= 11 is 0. The van der Waals surface area contributed by atoms with Crippen molar-refractivity contribution in [1.82, 2.24) is 5.43 Å².